The van der Waals surface area contributed by atoms with Gasteiger partial charge in [-0.15, -0.1) is 11.6 Å². The molecule has 0 aliphatic heterocycles. The van der Waals surface area contributed by atoms with Crippen molar-refractivity contribution in [2.75, 3.05) is 5.88 Å². The normalized spacial score (nSPS) is 11.1. The number of rotatable bonds is 5. The Bertz CT molecular complexity index is 627. The number of aryl methyl sites for hydroxylation is 2. The first-order valence-corrected chi connectivity index (χ1v) is 6.25. The lowest BCUT2D eigenvalue weighted by Gasteiger charge is -2.07. The maximum Gasteiger partial charge on any atom is 0.219 e. The molecule has 1 aromatic carbocycles. The first kappa shape index (κ1) is 13.7. The average Bonchev–Trinajstić information content (AvgIpc) is 2.70. The minimum atomic E-state index is -0.977. The summed E-state index contributed by atoms with van der Waals surface area (Å²) in [5.74, 6) is -1.64. The van der Waals surface area contributed by atoms with Gasteiger partial charge in [0, 0.05) is 25.3 Å². The van der Waals surface area contributed by atoms with Gasteiger partial charge in [-0.2, -0.15) is 0 Å². The van der Waals surface area contributed by atoms with Crippen LogP contribution in [-0.4, -0.2) is 21.3 Å². The van der Waals surface area contributed by atoms with Crippen molar-refractivity contribution in [3.63, 3.8) is 0 Å². The number of hydrogen-bond donors (Lipinski definition) is 1. The zero-order valence-electron chi connectivity index (χ0n) is 10.00. The smallest absolute Gasteiger partial charge is 0.219 e. The Labute approximate surface area is 113 Å². The largest absolute Gasteiger partial charge is 0.370 e. The number of nitrogens with two attached hydrogens (primary N) is 1. The third-order valence-corrected chi connectivity index (χ3v) is 2.97. The third kappa shape index (κ3) is 2.68. The molecule has 0 aliphatic carbocycles. The number of aromatic nitrogens is 2. The van der Waals surface area contributed by atoms with Crippen LogP contribution in [0.1, 0.15) is 12.2 Å². The molecule has 0 fully saturated rings. The molecule has 2 rings (SSSR count). The summed E-state index contributed by atoms with van der Waals surface area (Å²) in [7, 11) is 0. The van der Waals surface area contributed by atoms with Gasteiger partial charge in [-0.25, -0.2) is 13.8 Å². The van der Waals surface area contributed by atoms with Crippen LogP contribution in [0, 0.1) is 11.6 Å². The third-order valence-electron chi connectivity index (χ3n) is 2.78. The van der Waals surface area contributed by atoms with Crippen LogP contribution in [0.25, 0.3) is 11.0 Å². The molecule has 0 saturated carbocycles. The zero-order valence-corrected chi connectivity index (χ0v) is 10.8. The first-order chi connectivity index (χ1) is 9.04. The maximum atomic E-state index is 13.9. The van der Waals surface area contributed by atoms with Crippen LogP contribution in [0.5, 0.6) is 0 Å². The number of fused-ring (bicyclic) bond motifs is 1. The van der Waals surface area contributed by atoms with Crippen molar-refractivity contribution >= 4 is 28.5 Å². The highest BCUT2D eigenvalue weighted by atomic mass is 35.5. The van der Waals surface area contributed by atoms with E-state index in [9.17, 15) is 13.6 Å². The fourth-order valence-electron chi connectivity index (χ4n) is 1.94. The number of alkyl halides is 1. The monoisotopic (exact) mass is 287 g/mol. The van der Waals surface area contributed by atoms with E-state index in [1.165, 1.54) is 10.6 Å². The van der Waals surface area contributed by atoms with E-state index in [0.717, 1.165) is 6.07 Å². The highest BCUT2D eigenvalue weighted by Gasteiger charge is 2.17. The minimum absolute atomic E-state index is 0.0245. The lowest BCUT2D eigenvalue weighted by Crippen LogP contribution is -2.15. The van der Waals surface area contributed by atoms with Gasteiger partial charge in [-0.1, -0.05) is 0 Å². The fourth-order valence-corrected chi connectivity index (χ4v) is 2.11. The Morgan fingerprint density at radius 1 is 1.42 bits per heavy atom. The predicted molar refractivity (Wildman–Crippen MR) is 67.9 cm³/mol. The Morgan fingerprint density at radius 3 is 2.79 bits per heavy atom. The van der Waals surface area contributed by atoms with E-state index < -0.39 is 17.5 Å². The Kier molecular flexibility index (Phi) is 3.99. The number of primary amides is 1. The van der Waals surface area contributed by atoms with Crippen molar-refractivity contribution in [2.24, 2.45) is 5.73 Å². The molecule has 0 unspecified atom stereocenters. The Hall–Kier alpha value is -1.69. The molecule has 7 heteroatoms. The second-order valence-electron chi connectivity index (χ2n) is 4.06. The molecule has 1 heterocycles. The molecule has 2 aromatic rings. The molecule has 19 heavy (non-hydrogen) atoms. The molecule has 0 radical (unpaired) electrons. The van der Waals surface area contributed by atoms with Gasteiger partial charge >= 0.3 is 0 Å². The fraction of sp³-hybridized carbons (Fsp3) is 0.333. The van der Waals surface area contributed by atoms with Crippen molar-refractivity contribution < 1.29 is 13.6 Å². The molecular formula is C12H12ClF2N3O. The van der Waals surface area contributed by atoms with Gasteiger partial charge < -0.3 is 10.3 Å². The van der Waals surface area contributed by atoms with Crippen LogP contribution in [0.15, 0.2) is 12.1 Å². The van der Waals surface area contributed by atoms with Crippen molar-refractivity contribution in [3.05, 3.63) is 29.6 Å². The van der Waals surface area contributed by atoms with Crippen molar-refractivity contribution in [2.45, 2.75) is 19.4 Å². The Morgan fingerprint density at radius 2 is 2.16 bits per heavy atom. The van der Waals surface area contributed by atoms with E-state index in [2.05, 4.69) is 4.98 Å². The highest BCUT2D eigenvalue weighted by Crippen LogP contribution is 2.22. The van der Waals surface area contributed by atoms with Gasteiger partial charge in [0.25, 0.3) is 0 Å². The molecule has 1 aromatic heterocycles. The van der Waals surface area contributed by atoms with Gasteiger partial charge in [-0.3, -0.25) is 4.79 Å². The molecule has 0 bridgehead atoms. The standard InChI is InChI=1S/C12H12ClF2N3O/c13-5-3-10-17-8-2-1-7(14)11(15)12(8)18(10)6-4-9(16)19/h1-2H,3-6H2,(H2,16,19). The van der Waals surface area contributed by atoms with E-state index in [1.807, 2.05) is 0 Å². The van der Waals surface area contributed by atoms with Gasteiger partial charge in [-0.05, 0) is 12.1 Å². The molecule has 0 spiro atoms. The number of carbonyl (C=O) groups is 1. The van der Waals surface area contributed by atoms with Crippen molar-refractivity contribution in [3.8, 4) is 0 Å². The molecule has 0 saturated heterocycles. The number of nitrogens with zero attached hydrogens (tertiary/aromatic N) is 2. The van der Waals surface area contributed by atoms with Gasteiger partial charge in [0.05, 0.1) is 5.52 Å². The molecule has 0 aliphatic rings. The summed E-state index contributed by atoms with van der Waals surface area (Å²) >= 11 is 5.66. The zero-order chi connectivity index (χ0) is 14.0. The predicted octanol–water partition coefficient (Wildman–Crippen LogP) is 1.97. The van der Waals surface area contributed by atoms with Gasteiger partial charge in [0.15, 0.2) is 11.6 Å². The maximum absolute atomic E-state index is 13.9. The van der Waals surface area contributed by atoms with Crippen molar-refractivity contribution in [1.29, 1.82) is 0 Å². The van der Waals surface area contributed by atoms with Gasteiger partial charge in [0.2, 0.25) is 5.91 Å². The molecule has 1 amide bonds. The summed E-state index contributed by atoms with van der Waals surface area (Å²) in [6.45, 7) is 0.151. The Balaban J connectivity index is 2.56. The lowest BCUT2D eigenvalue weighted by molar-refractivity contribution is -0.118. The number of halogens is 3. The number of carbonyl (C=O) groups excluding carboxylic acids is 1. The summed E-state index contributed by atoms with van der Waals surface area (Å²) < 4.78 is 28.6. The van der Waals surface area contributed by atoms with E-state index in [0.29, 0.717) is 23.6 Å². The first-order valence-electron chi connectivity index (χ1n) is 5.72. The average molecular weight is 288 g/mol. The molecule has 2 N–H and O–H groups in total. The second kappa shape index (κ2) is 5.52. The van der Waals surface area contributed by atoms with Crippen LogP contribution in [-0.2, 0) is 17.8 Å². The summed E-state index contributed by atoms with van der Waals surface area (Å²) in [5.41, 5.74) is 5.46. The SMILES string of the molecule is NC(=O)CCn1c(CCCl)nc2ccc(F)c(F)c21. The van der Waals surface area contributed by atoms with Crippen molar-refractivity contribution in [1.82, 2.24) is 9.55 Å². The number of imidazole rings is 1. The van der Waals surface area contributed by atoms with E-state index in [4.69, 9.17) is 17.3 Å². The van der Waals surface area contributed by atoms with Crippen LogP contribution in [0.3, 0.4) is 0 Å². The number of amides is 1. The molecule has 4 nitrogen and oxygen atoms in total. The molecular weight excluding hydrogens is 276 g/mol. The van der Waals surface area contributed by atoms with Crippen LogP contribution >= 0.6 is 11.6 Å². The summed E-state index contributed by atoms with van der Waals surface area (Å²) in [6, 6.07) is 2.42. The highest BCUT2D eigenvalue weighted by molar-refractivity contribution is 6.17. The number of benzene rings is 1. The van der Waals surface area contributed by atoms with Crippen LogP contribution in [0.4, 0.5) is 8.78 Å². The second-order valence-corrected chi connectivity index (χ2v) is 4.44. The number of hydrogen-bond acceptors (Lipinski definition) is 2. The molecule has 102 valence electrons. The van der Waals surface area contributed by atoms with E-state index in [1.54, 1.807) is 0 Å². The quantitative estimate of drug-likeness (QED) is 0.855. The molecule has 0 atom stereocenters. The summed E-state index contributed by atoms with van der Waals surface area (Å²) in [5, 5.41) is 0. The van der Waals surface area contributed by atoms with E-state index in [-0.39, 0.29) is 18.5 Å². The van der Waals surface area contributed by atoms with Crippen LogP contribution < -0.4 is 5.73 Å². The summed E-state index contributed by atoms with van der Waals surface area (Å²) in [6.07, 6.45) is 0.423. The van der Waals surface area contributed by atoms with E-state index >= 15 is 0 Å². The summed E-state index contributed by atoms with van der Waals surface area (Å²) in [4.78, 5) is 15.0. The van der Waals surface area contributed by atoms with Gasteiger partial charge in [0.1, 0.15) is 11.3 Å². The topological polar surface area (TPSA) is 60.9 Å². The lowest BCUT2D eigenvalue weighted by atomic mass is 10.3. The minimum Gasteiger partial charge on any atom is -0.370 e. The van der Waals surface area contributed by atoms with Crippen LogP contribution in [0.2, 0.25) is 0 Å².